The summed E-state index contributed by atoms with van der Waals surface area (Å²) in [6.07, 6.45) is 4.09. The summed E-state index contributed by atoms with van der Waals surface area (Å²) in [7, 11) is 0. The van der Waals surface area contributed by atoms with Crippen molar-refractivity contribution >= 4 is 16.7 Å². The fourth-order valence-electron chi connectivity index (χ4n) is 2.55. The molecule has 24 heavy (non-hydrogen) atoms. The van der Waals surface area contributed by atoms with Gasteiger partial charge in [0, 0.05) is 29.4 Å². The van der Waals surface area contributed by atoms with E-state index in [0.29, 0.717) is 17.7 Å². The second-order valence-corrected chi connectivity index (χ2v) is 5.91. The molecule has 0 unspecified atom stereocenters. The molecular formula is C19H21N5. The van der Waals surface area contributed by atoms with E-state index in [2.05, 4.69) is 38.1 Å². The van der Waals surface area contributed by atoms with Crippen LogP contribution < -0.4 is 5.49 Å². The summed E-state index contributed by atoms with van der Waals surface area (Å²) in [6.45, 7) is 3.82. The number of hydrogen-bond acceptors (Lipinski definition) is 3. The second-order valence-electron chi connectivity index (χ2n) is 5.91. The van der Waals surface area contributed by atoms with Gasteiger partial charge in [-0.3, -0.25) is 15.4 Å². The van der Waals surface area contributed by atoms with Crippen molar-refractivity contribution in [2.75, 3.05) is 0 Å². The number of benzene rings is 1. The number of aromatic amines is 1. The molecule has 122 valence electrons. The van der Waals surface area contributed by atoms with Crippen LogP contribution in [0.3, 0.4) is 0 Å². The number of fused-ring (bicyclic) bond motifs is 1. The lowest BCUT2D eigenvalue weighted by molar-refractivity contribution is 0.831. The van der Waals surface area contributed by atoms with Crippen molar-refractivity contribution < 1.29 is 0 Å². The first kappa shape index (κ1) is 16.1. The predicted octanol–water partition coefficient (Wildman–Crippen LogP) is 3.48. The first-order valence-corrected chi connectivity index (χ1v) is 8.11. The quantitative estimate of drug-likeness (QED) is 0.570. The summed E-state index contributed by atoms with van der Waals surface area (Å²) in [5, 5.41) is 9.21. The van der Waals surface area contributed by atoms with E-state index >= 15 is 0 Å². The van der Waals surface area contributed by atoms with Gasteiger partial charge in [0.2, 0.25) is 0 Å². The highest BCUT2D eigenvalue weighted by atomic mass is 14.9. The molecule has 0 bridgehead atoms. The minimum Gasteiger partial charge on any atom is -0.341 e. The Morgan fingerprint density at radius 3 is 2.88 bits per heavy atom. The number of pyridine rings is 1. The van der Waals surface area contributed by atoms with Crippen molar-refractivity contribution in [1.82, 2.24) is 15.0 Å². The van der Waals surface area contributed by atoms with E-state index in [-0.39, 0.29) is 0 Å². The third-order valence-electron chi connectivity index (χ3n) is 3.86. The molecule has 0 amide bonds. The highest BCUT2D eigenvalue weighted by Gasteiger charge is 2.01. The fourth-order valence-corrected chi connectivity index (χ4v) is 2.55. The third-order valence-corrected chi connectivity index (χ3v) is 3.86. The number of aryl methyl sites for hydroxylation is 3. The molecular weight excluding hydrogens is 298 g/mol. The summed E-state index contributed by atoms with van der Waals surface area (Å²) in [6, 6.07) is 12.3. The van der Waals surface area contributed by atoms with Gasteiger partial charge in [0.05, 0.1) is 11.2 Å². The number of amidine groups is 1. The SMILES string of the molecule is Cc1cnc(C)/c(=N/C(=N)CCCc2ccc3ccccc3n2)[nH]1. The third kappa shape index (κ3) is 3.93. The molecule has 1 aromatic carbocycles. The maximum absolute atomic E-state index is 8.06. The summed E-state index contributed by atoms with van der Waals surface area (Å²) < 4.78 is 0. The molecule has 0 aliphatic carbocycles. The molecule has 2 heterocycles. The molecule has 3 aromatic rings. The van der Waals surface area contributed by atoms with Crippen molar-refractivity contribution in [3.8, 4) is 0 Å². The Kier molecular flexibility index (Phi) is 4.79. The zero-order valence-electron chi connectivity index (χ0n) is 14.0. The van der Waals surface area contributed by atoms with Gasteiger partial charge in [0.25, 0.3) is 0 Å². The standard InChI is InChI=1S/C19H21N5/c1-13-12-21-14(2)19(22-13)24-18(20)9-5-7-16-11-10-15-6-3-4-8-17(15)23-16/h3-4,6,8,10-12H,5,7,9H2,1-2H3,(H2,20,22,24). The van der Waals surface area contributed by atoms with E-state index in [1.54, 1.807) is 6.20 Å². The molecule has 0 fully saturated rings. The van der Waals surface area contributed by atoms with Gasteiger partial charge in [-0.05, 0) is 38.8 Å². The minimum atomic E-state index is 0.363. The van der Waals surface area contributed by atoms with Crippen LogP contribution in [0.1, 0.15) is 29.9 Å². The van der Waals surface area contributed by atoms with Crippen molar-refractivity contribution in [1.29, 1.82) is 5.41 Å². The molecule has 0 saturated carbocycles. The first-order valence-electron chi connectivity index (χ1n) is 8.11. The van der Waals surface area contributed by atoms with Crippen LogP contribution in [0.2, 0.25) is 0 Å². The lowest BCUT2D eigenvalue weighted by atomic mass is 10.1. The van der Waals surface area contributed by atoms with Crippen LogP contribution in [-0.4, -0.2) is 20.8 Å². The van der Waals surface area contributed by atoms with Gasteiger partial charge < -0.3 is 4.98 Å². The summed E-state index contributed by atoms with van der Waals surface area (Å²) in [5.41, 5.74) is 4.49. The highest BCUT2D eigenvalue weighted by molar-refractivity contribution is 5.80. The van der Waals surface area contributed by atoms with Crippen molar-refractivity contribution in [2.24, 2.45) is 4.99 Å². The Labute approximate surface area is 141 Å². The van der Waals surface area contributed by atoms with Crippen LogP contribution in [0.25, 0.3) is 10.9 Å². The molecule has 0 radical (unpaired) electrons. The molecule has 2 N–H and O–H groups in total. The molecule has 0 spiro atoms. The first-order chi connectivity index (χ1) is 11.6. The van der Waals surface area contributed by atoms with Gasteiger partial charge in [-0.2, -0.15) is 0 Å². The summed E-state index contributed by atoms with van der Waals surface area (Å²) in [5.74, 6) is 0.363. The molecule has 0 aliphatic heterocycles. The van der Waals surface area contributed by atoms with E-state index in [1.807, 2.05) is 32.0 Å². The molecule has 3 rings (SSSR count). The summed E-state index contributed by atoms with van der Waals surface area (Å²) in [4.78, 5) is 16.4. The molecule has 0 saturated heterocycles. The van der Waals surface area contributed by atoms with E-state index in [0.717, 1.165) is 40.8 Å². The smallest absolute Gasteiger partial charge is 0.153 e. The maximum Gasteiger partial charge on any atom is 0.153 e. The van der Waals surface area contributed by atoms with Gasteiger partial charge in [-0.1, -0.05) is 24.3 Å². The van der Waals surface area contributed by atoms with Crippen LogP contribution in [0, 0.1) is 19.3 Å². The normalized spacial score (nSPS) is 11.8. The Morgan fingerprint density at radius 1 is 1.17 bits per heavy atom. The van der Waals surface area contributed by atoms with Crippen molar-refractivity contribution in [3.05, 3.63) is 65.2 Å². The van der Waals surface area contributed by atoms with Gasteiger partial charge in [0.1, 0.15) is 5.84 Å². The maximum atomic E-state index is 8.06. The van der Waals surface area contributed by atoms with Crippen LogP contribution in [0.15, 0.2) is 47.6 Å². The Morgan fingerprint density at radius 2 is 2.00 bits per heavy atom. The number of hydrogen-bond donors (Lipinski definition) is 2. The van der Waals surface area contributed by atoms with Gasteiger partial charge in [-0.15, -0.1) is 0 Å². The Hall–Kier alpha value is -2.82. The molecule has 0 atom stereocenters. The van der Waals surface area contributed by atoms with Crippen molar-refractivity contribution in [2.45, 2.75) is 33.1 Å². The zero-order chi connectivity index (χ0) is 16.9. The van der Waals surface area contributed by atoms with Crippen LogP contribution in [0.5, 0.6) is 0 Å². The Bertz CT molecular complexity index is 940. The summed E-state index contributed by atoms with van der Waals surface area (Å²) >= 11 is 0. The highest BCUT2D eigenvalue weighted by Crippen LogP contribution is 2.13. The van der Waals surface area contributed by atoms with Gasteiger partial charge >= 0.3 is 0 Å². The number of nitrogens with zero attached hydrogens (tertiary/aromatic N) is 3. The fraction of sp³-hybridized carbons (Fsp3) is 0.263. The van der Waals surface area contributed by atoms with E-state index in [9.17, 15) is 0 Å². The number of nitrogens with one attached hydrogen (secondary N) is 2. The van der Waals surface area contributed by atoms with Crippen LogP contribution >= 0.6 is 0 Å². The lowest BCUT2D eigenvalue weighted by Crippen LogP contribution is -2.17. The largest absolute Gasteiger partial charge is 0.341 e. The average molecular weight is 319 g/mol. The zero-order valence-corrected chi connectivity index (χ0v) is 14.0. The van der Waals surface area contributed by atoms with Crippen LogP contribution in [0.4, 0.5) is 0 Å². The number of para-hydroxylation sites is 1. The minimum absolute atomic E-state index is 0.363. The van der Waals surface area contributed by atoms with E-state index in [4.69, 9.17) is 5.41 Å². The molecule has 0 aliphatic rings. The average Bonchev–Trinajstić information content (AvgIpc) is 2.58. The van der Waals surface area contributed by atoms with Crippen molar-refractivity contribution in [3.63, 3.8) is 0 Å². The molecule has 5 heteroatoms. The van der Waals surface area contributed by atoms with Gasteiger partial charge in [0.15, 0.2) is 5.49 Å². The lowest BCUT2D eigenvalue weighted by Gasteiger charge is -2.03. The number of aromatic nitrogens is 3. The van der Waals surface area contributed by atoms with Gasteiger partial charge in [-0.25, -0.2) is 4.99 Å². The topological polar surface area (TPSA) is 77.8 Å². The van der Waals surface area contributed by atoms with Crippen LogP contribution in [-0.2, 0) is 6.42 Å². The molecule has 2 aromatic heterocycles. The Balaban J connectivity index is 1.63. The number of rotatable bonds is 4. The molecule has 5 nitrogen and oxygen atoms in total. The predicted molar refractivity (Wildman–Crippen MR) is 96.0 cm³/mol. The number of H-pyrrole nitrogens is 1. The van der Waals surface area contributed by atoms with E-state index < -0.39 is 0 Å². The monoisotopic (exact) mass is 319 g/mol. The second kappa shape index (κ2) is 7.17. The van der Waals surface area contributed by atoms with E-state index in [1.165, 1.54) is 0 Å².